The van der Waals surface area contributed by atoms with E-state index in [2.05, 4.69) is 0 Å². The summed E-state index contributed by atoms with van der Waals surface area (Å²) in [6, 6.07) is 0. The molecule has 0 aromatic rings. The molecular weight excluding hydrogens is 746 g/mol. The van der Waals surface area contributed by atoms with Gasteiger partial charge in [-0.3, -0.25) is 7.06 Å². The van der Waals surface area contributed by atoms with E-state index in [1.807, 2.05) is 0 Å². The Labute approximate surface area is 484 Å². The molecule has 0 aromatic heterocycles. The molecule has 0 saturated heterocycles. The monoisotopic (exact) mass is 760 g/mol. The van der Waals surface area contributed by atoms with Gasteiger partial charge in [-0.2, -0.15) is 0 Å². The molecule has 0 fully saturated rings. The smallest absolute Gasteiger partial charge is 0.000000000000000000149 e. The van der Waals surface area contributed by atoms with E-state index in [1.54, 1.807) is 0 Å². The predicted octanol–water partition coefficient (Wildman–Crippen LogP) is -26.3. The van der Waals surface area contributed by atoms with Crippen LogP contribution in [0.15, 0.2) is 0 Å². The first-order valence-electron chi connectivity index (χ1n) is 22.7. The summed E-state index contributed by atoms with van der Waals surface area (Å²) in [5.41, 5.74) is 0. The second-order valence-electron chi connectivity index (χ2n) is 19.2. The first-order valence-corrected chi connectivity index (χ1v) is 22.7. The summed E-state index contributed by atoms with van der Waals surface area (Å²) in [4.78, 5) is 0. The molecule has 0 amide bonds. The predicted molar refractivity (Wildman–Crippen MR) is 397 cm³/mol. The summed E-state index contributed by atoms with van der Waals surface area (Å²) in [5, 5.41) is 0. The standard InChI is InChI=1S/B69/c1-36-54(37(2)3)63(55(38(4)5)39(6)7)67(62(52(32)33)53(34)35)69(66(60(48(24)25)49(26)27)61(50(28)29)51(30)31)68(64(56(40(8)9)41(10)11)57(42(12)13)43(14)15)65(58(44(16)17)45(18)19)59(46(20)21)47(22)23/q-5. The van der Waals surface area contributed by atoms with Gasteiger partial charge in [-0.25, -0.2) is 0 Å². The van der Waals surface area contributed by atoms with Gasteiger partial charge in [-0.15, -0.1) is 6.39 Å². The van der Waals surface area contributed by atoms with Crippen LogP contribution in [0.4, 0.5) is 0 Å². The van der Waals surface area contributed by atoms with Crippen LogP contribution in [0.2, 0.25) is 0 Å². The van der Waals surface area contributed by atoms with Gasteiger partial charge in [0.15, 0.2) is 0 Å². The number of hydrogen-bond donors (Lipinski definition) is 0. The molecule has 0 heterocycles. The quantitative estimate of drug-likeness (QED) is 0.0587. The Balaban J connectivity index is 11.6. The lowest BCUT2D eigenvalue weighted by Gasteiger charge is -2.65. The molecule has 0 N–H and O–H groups in total. The lowest BCUT2D eigenvalue weighted by Crippen LogP contribution is -2.98. The lowest BCUT2D eigenvalue weighted by molar-refractivity contribution is 3.15. The Hall–Kier alpha value is 4.48. The third-order valence-electron chi connectivity index (χ3n) is 14.4. The fourth-order valence-corrected chi connectivity index (χ4v) is 12.1. The summed E-state index contributed by atoms with van der Waals surface area (Å²) in [6.07, 6.45) is -50.2. The van der Waals surface area contributed by atoms with Crippen molar-refractivity contribution in [3.05, 3.63) is 0 Å². The van der Waals surface area contributed by atoms with Gasteiger partial charge in [0.2, 0.25) is 0 Å². The minimum atomic E-state index is -1.68. The van der Waals surface area contributed by atoms with Crippen LogP contribution in [0.5, 0.6) is 0 Å². The topological polar surface area (TPSA) is 0 Å². The van der Waals surface area contributed by atoms with Gasteiger partial charge in [0.1, 0.15) is 0 Å². The first kappa shape index (κ1) is 73.5. The molecule has 0 atom stereocenters. The Kier molecular flexibility index (Phi) is 36.1. The van der Waals surface area contributed by atoms with Crippen molar-refractivity contribution in [2.75, 3.05) is 0 Å². The maximum atomic E-state index is 6.82. The number of rotatable bonds is 33. The molecule has 0 spiro atoms. The highest BCUT2D eigenvalue weighted by Crippen LogP contribution is 2.26. The molecule has 0 aliphatic heterocycles. The Morgan fingerprint density at radius 1 is 0.174 bits per heavy atom. The maximum Gasteiger partial charge on any atom is -0.000000000000000000149 e. The van der Waals surface area contributed by atoms with Crippen molar-refractivity contribution in [3.63, 3.8) is 0 Å². The minimum absolute atomic E-state index is 1.13. The zero-order chi connectivity index (χ0) is 54.8. The van der Waals surface area contributed by atoms with Crippen LogP contribution in [-0.2, 0) is 0 Å². The van der Waals surface area contributed by atoms with Crippen LogP contribution in [0.25, 0.3) is 0 Å². The van der Waals surface area contributed by atoms with Gasteiger partial charge in [-0.1, -0.05) is 6.39 Å². The SMILES string of the molecule is [B]B([B])B(B([B])[B])B(B(B([B])[B])B([B])[B])B(B(B(B([B])[B])B([B])[B])B(B([B])[B])B([B])[B])B(B(B(B([B])[B])B([B])[B])B(B([B])[B])B([B])[B])B(B(B([B])[B])B([B])[B])B(B([B][B-])B([B-])[B-])B(B([B])[B])B([B-])[B-]. The van der Waals surface area contributed by atoms with E-state index >= 15 is 0 Å². The third-order valence-corrected chi connectivity index (χ3v) is 14.4. The Morgan fingerprint density at radius 3 is 0.406 bits per heavy atom. The van der Waals surface area contributed by atoms with Gasteiger partial charge in [0.05, 0.1) is 0 Å². The Bertz CT molecular complexity index is 1130. The molecule has 0 aliphatic carbocycles. The van der Waals surface area contributed by atoms with Crippen molar-refractivity contribution >= 4 is 489 Å². The fraction of sp³-hybridized carbons (Fsp3) is 0. The van der Waals surface area contributed by atoms with Gasteiger partial charge in [0.25, 0.3) is 0 Å². The van der Waals surface area contributed by atoms with Crippen molar-refractivity contribution in [2.45, 2.75) is 0 Å². The molecule has 0 aromatic carbocycles. The van der Waals surface area contributed by atoms with Gasteiger partial charge in [0, 0.05) is 0 Å². The molecule has 0 aliphatic rings. The average molecular weight is 746 g/mol. The molecule has 0 rings (SSSR count). The average Bonchev–Trinajstić information content (AvgIpc) is 3.12. The van der Waals surface area contributed by atoms with Crippen LogP contribution >= 0.6 is 0 Å². The third kappa shape index (κ3) is 19.9. The van der Waals surface area contributed by atoms with Crippen LogP contribution in [0.3, 0.4) is 0 Å². The zero-order valence-electron chi connectivity index (χ0n) is 39.8. The summed E-state index contributed by atoms with van der Waals surface area (Å²) >= 11 is 0. The molecular formula is B69-5. The molecule has 0 bridgehead atoms. The van der Waals surface area contributed by atoms with Gasteiger partial charge < -0.3 is 51.5 Å². The van der Waals surface area contributed by atoms with E-state index in [9.17, 15) is 0 Å². The molecule has 212 valence electrons. The van der Waals surface area contributed by atoms with Gasteiger partial charge >= 0.3 is 0 Å². The molecule has 76 radical (unpaired) electrons. The zero-order valence-corrected chi connectivity index (χ0v) is 39.8. The second-order valence-corrected chi connectivity index (χ2v) is 19.2. The molecule has 0 unspecified atom stereocenters. The van der Waals surface area contributed by atoms with Crippen LogP contribution in [0, 0.1) is 0 Å². The normalized spacial score (nSPS) is 9.81. The van der Waals surface area contributed by atoms with Crippen molar-refractivity contribution in [2.24, 2.45) is 0 Å². The number of hydrogen-bond acceptors (Lipinski definition) is 0. The van der Waals surface area contributed by atoms with Crippen LogP contribution in [0.1, 0.15) is 0 Å². The van der Waals surface area contributed by atoms with E-state index in [0.717, 1.165) is 7.06 Å². The van der Waals surface area contributed by atoms with Crippen LogP contribution in [-0.4, -0.2) is 489 Å². The Morgan fingerprint density at radius 2 is 0.304 bits per heavy atom. The molecule has 0 nitrogen and oxygen atoms in total. The fourth-order valence-electron chi connectivity index (χ4n) is 12.1. The van der Waals surface area contributed by atoms with Crippen LogP contribution < -0.4 is 0 Å². The van der Waals surface area contributed by atoms with E-state index in [1.165, 1.54) is 0 Å². The molecule has 0 saturated carbocycles. The highest BCUT2D eigenvalue weighted by Gasteiger charge is 2.63. The van der Waals surface area contributed by atoms with Crippen molar-refractivity contribution in [1.29, 1.82) is 0 Å². The van der Waals surface area contributed by atoms with E-state index < -0.39 is 211 Å². The van der Waals surface area contributed by atoms with Crippen molar-refractivity contribution < 1.29 is 0 Å². The van der Waals surface area contributed by atoms with Crippen molar-refractivity contribution in [1.82, 2.24) is 0 Å². The van der Waals surface area contributed by atoms with Gasteiger partial charge in [-0.05, 0) is 417 Å². The summed E-state index contributed by atoms with van der Waals surface area (Å²) in [6.45, 7) is 0. The maximum absolute atomic E-state index is 6.82. The highest BCUT2D eigenvalue weighted by molar-refractivity contribution is 8.39. The van der Waals surface area contributed by atoms with E-state index in [4.69, 9.17) is 271 Å². The van der Waals surface area contributed by atoms with E-state index in [0.29, 0.717) is 0 Å². The highest BCUT2D eigenvalue weighted by atomic mass is 13.5. The molecule has 69 heavy (non-hydrogen) atoms. The lowest BCUT2D eigenvalue weighted by atomic mass is 8.21. The van der Waals surface area contributed by atoms with Crippen molar-refractivity contribution in [3.8, 4) is 0 Å². The summed E-state index contributed by atoms with van der Waals surface area (Å²) < 4.78 is 0. The van der Waals surface area contributed by atoms with E-state index in [-0.39, 0.29) is 0 Å². The first-order chi connectivity index (χ1) is 31.4. The molecule has 69 heteroatoms. The minimum Gasteiger partial charge on any atom is -0.729 e. The largest absolute Gasteiger partial charge is 0.729 e. The summed E-state index contributed by atoms with van der Waals surface area (Å²) in [7, 11) is 236. The summed E-state index contributed by atoms with van der Waals surface area (Å²) in [5.74, 6) is 0. The second kappa shape index (κ2) is 33.9.